The number of hydrogen-bond acceptors (Lipinski definition) is 3. The van der Waals surface area contributed by atoms with Gasteiger partial charge < -0.3 is 10.6 Å². The molecule has 2 unspecified atom stereocenters. The van der Waals surface area contributed by atoms with Gasteiger partial charge in [0.1, 0.15) is 0 Å². The fourth-order valence-electron chi connectivity index (χ4n) is 6.16. The van der Waals surface area contributed by atoms with Crippen LogP contribution in [0.1, 0.15) is 64.7 Å². The van der Waals surface area contributed by atoms with Crippen molar-refractivity contribution in [2.24, 2.45) is 29.4 Å². The van der Waals surface area contributed by atoms with E-state index < -0.39 is 0 Å². The number of nitrogens with two attached hydrogens (primary N) is 1. The Kier molecular flexibility index (Phi) is 5.38. The van der Waals surface area contributed by atoms with Crippen molar-refractivity contribution in [1.29, 1.82) is 0 Å². The van der Waals surface area contributed by atoms with Crippen molar-refractivity contribution < 1.29 is 4.79 Å². The third kappa shape index (κ3) is 3.75. The zero-order valence-corrected chi connectivity index (χ0v) is 16.0. The van der Waals surface area contributed by atoms with Crippen LogP contribution < -0.4 is 5.73 Å². The number of fused-ring (bicyclic) bond motifs is 2. The van der Waals surface area contributed by atoms with Crippen molar-refractivity contribution in [2.75, 3.05) is 26.2 Å². The van der Waals surface area contributed by atoms with E-state index in [1.807, 2.05) is 0 Å². The number of carbonyl (C=O) groups excluding carboxylic acids is 1. The van der Waals surface area contributed by atoms with Gasteiger partial charge in [-0.1, -0.05) is 13.3 Å². The van der Waals surface area contributed by atoms with Gasteiger partial charge in [0.15, 0.2) is 0 Å². The molecule has 1 heterocycles. The Labute approximate surface area is 153 Å². The first-order valence-corrected chi connectivity index (χ1v) is 10.9. The summed E-state index contributed by atoms with van der Waals surface area (Å²) in [6, 6.07) is 1.14. The van der Waals surface area contributed by atoms with Gasteiger partial charge >= 0.3 is 0 Å². The highest BCUT2D eigenvalue weighted by atomic mass is 16.2. The second-order valence-corrected chi connectivity index (χ2v) is 9.47. The molecule has 4 fully saturated rings. The number of nitrogens with zero attached hydrogens (tertiary/aromatic N) is 2. The number of hydrogen-bond donors (Lipinski definition) is 1. The van der Waals surface area contributed by atoms with Gasteiger partial charge in [0.05, 0.1) is 0 Å². The van der Waals surface area contributed by atoms with E-state index in [1.165, 1.54) is 44.9 Å². The lowest BCUT2D eigenvalue weighted by atomic mass is 9.65. The SMILES string of the molecule is CC1CCC(N2CCN(C(=O)C3CC4CCCC(C3)C4N)CC2)CC1. The predicted molar refractivity (Wildman–Crippen MR) is 101 cm³/mol. The van der Waals surface area contributed by atoms with Crippen LogP contribution >= 0.6 is 0 Å². The number of piperazine rings is 1. The van der Waals surface area contributed by atoms with Crippen molar-refractivity contribution in [3.8, 4) is 0 Å². The topological polar surface area (TPSA) is 49.6 Å². The average Bonchev–Trinajstić information content (AvgIpc) is 2.62. The first-order valence-electron chi connectivity index (χ1n) is 10.9. The summed E-state index contributed by atoms with van der Waals surface area (Å²) in [6.07, 6.45) is 11.4. The molecule has 25 heavy (non-hydrogen) atoms. The number of amides is 1. The standard InChI is InChI=1S/C21H37N3O/c1-15-5-7-19(8-6-15)23-9-11-24(12-10-23)21(25)18-13-16-3-2-4-17(14-18)20(16)22/h15-20H,2-14,22H2,1H3. The summed E-state index contributed by atoms with van der Waals surface area (Å²) in [5.41, 5.74) is 6.40. The molecular formula is C21H37N3O. The van der Waals surface area contributed by atoms with Gasteiger partial charge in [0, 0.05) is 44.2 Å². The molecule has 4 heteroatoms. The molecule has 2 bridgehead atoms. The van der Waals surface area contributed by atoms with Crippen molar-refractivity contribution in [3.05, 3.63) is 0 Å². The quantitative estimate of drug-likeness (QED) is 0.836. The predicted octanol–water partition coefficient (Wildman–Crippen LogP) is 2.86. The van der Waals surface area contributed by atoms with E-state index in [4.69, 9.17) is 5.73 Å². The molecule has 142 valence electrons. The lowest BCUT2D eigenvalue weighted by Gasteiger charge is -2.46. The highest BCUT2D eigenvalue weighted by Gasteiger charge is 2.42. The summed E-state index contributed by atoms with van der Waals surface area (Å²) in [6.45, 7) is 6.46. The maximum absolute atomic E-state index is 13.1. The lowest BCUT2D eigenvalue weighted by molar-refractivity contribution is -0.140. The molecule has 1 amide bonds. The molecule has 3 aliphatic carbocycles. The summed E-state index contributed by atoms with van der Waals surface area (Å²) in [7, 11) is 0. The first-order chi connectivity index (χ1) is 12.1. The van der Waals surface area contributed by atoms with Crippen molar-refractivity contribution in [3.63, 3.8) is 0 Å². The number of rotatable bonds is 2. The maximum atomic E-state index is 13.1. The molecule has 3 saturated carbocycles. The van der Waals surface area contributed by atoms with E-state index in [-0.39, 0.29) is 5.92 Å². The zero-order valence-electron chi connectivity index (χ0n) is 16.0. The molecule has 1 aliphatic heterocycles. The molecule has 2 atom stereocenters. The minimum absolute atomic E-state index is 0.261. The second kappa shape index (κ2) is 7.56. The van der Waals surface area contributed by atoms with Crippen LogP contribution in [0.5, 0.6) is 0 Å². The smallest absolute Gasteiger partial charge is 0.225 e. The van der Waals surface area contributed by atoms with E-state index in [0.29, 0.717) is 23.8 Å². The van der Waals surface area contributed by atoms with E-state index in [9.17, 15) is 4.79 Å². The van der Waals surface area contributed by atoms with Crippen LogP contribution in [-0.2, 0) is 4.79 Å². The van der Waals surface area contributed by atoms with Crippen LogP contribution in [0.4, 0.5) is 0 Å². The Morgan fingerprint density at radius 1 is 0.880 bits per heavy atom. The van der Waals surface area contributed by atoms with Gasteiger partial charge in [-0.2, -0.15) is 0 Å². The normalized spacial score (nSPS) is 43.0. The molecule has 4 aliphatic rings. The molecule has 0 aromatic carbocycles. The molecule has 4 rings (SSSR count). The Bertz CT molecular complexity index is 452. The molecule has 0 spiro atoms. The van der Waals surface area contributed by atoms with Crippen LogP contribution in [0.15, 0.2) is 0 Å². The molecule has 0 aromatic heterocycles. The molecular weight excluding hydrogens is 310 g/mol. The minimum atomic E-state index is 0.261. The summed E-state index contributed by atoms with van der Waals surface area (Å²) >= 11 is 0. The summed E-state index contributed by atoms with van der Waals surface area (Å²) in [4.78, 5) is 17.9. The Morgan fingerprint density at radius 3 is 2.08 bits per heavy atom. The maximum Gasteiger partial charge on any atom is 0.225 e. The summed E-state index contributed by atoms with van der Waals surface area (Å²) in [5.74, 6) is 2.83. The third-order valence-corrected chi connectivity index (χ3v) is 7.89. The molecule has 0 aromatic rings. The zero-order chi connectivity index (χ0) is 17.4. The fraction of sp³-hybridized carbons (Fsp3) is 0.952. The molecule has 2 N–H and O–H groups in total. The van der Waals surface area contributed by atoms with E-state index in [0.717, 1.165) is 51.0 Å². The highest BCUT2D eigenvalue weighted by Crippen LogP contribution is 2.42. The van der Waals surface area contributed by atoms with Crippen LogP contribution in [0.3, 0.4) is 0 Å². The molecule has 0 radical (unpaired) electrons. The van der Waals surface area contributed by atoms with Crippen molar-refractivity contribution >= 4 is 5.91 Å². The van der Waals surface area contributed by atoms with Gasteiger partial charge in [0.2, 0.25) is 5.91 Å². The first kappa shape index (κ1) is 17.8. The Morgan fingerprint density at radius 2 is 1.48 bits per heavy atom. The van der Waals surface area contributed by atoms with E-state index in [2.05, 4.69) is 16.7 Å². The largest absolute Gasteiger partial charge is 0.340 e. The summed E-state index contributed by atoms with van der Waals surface area (Å²) in [5, 5.41) is 0. The average molecular weight is 348 g/mol. The molecule has 4 nitrogen and oxygen atoms in total. The Balaban J connectivity index is 1.28. The van der Waals surface area contributed by atoms with Gasteiger partial charge in [-0.25, -0.2) is 0 Å². The van der Waals surface area contributed by atoms with E-state index in [1.54, 1.807) is 0 Å². The van der Waals surface area contributed by atoms with Crippen LogP contribution in [-0.4, -0.2) is 54.0 Å². The van der Waals surface area contributed by atoms with Gasteiger partial charge in [-0.15, -0.1) is 0 Å². The van der Waals surface area contributed by atoms with Gasteiger partial charge in [0.25, 0.3) is 0 Å². The highest BCUT2D eigenvalue weighted by molar-refractivity contribution is 5.79. The van der Waals surface area contributed by atoms with Crippen molar-refractivity contribution in [1.82, 2.24) is 9.80 Å². The van der Waals surface area contributed by atoms with E-state index >= 15 is 0 Å². The fourth-order valence-corrected chi connectivity index (χ4v) is 6.16. The van der Waals surface area contributed by atoms with Gasteiger partial charge in [-0.3, -0.25) is 9.69 Å². The monoisotopic (exact) mass is 347 g/mol. The second-order valence-electron chi connectivity index (χ2n) is 9.47. The lowest BCUT2D eigenvalue weighted by Crippen LogP contribution is -2.55. The Hall–Kier alpha value is -0.610. The van der Waals surface area contributed by atoms with Crippen LogP contribution in [0.2, 0.25) is 0 Å². The van der Waals surface area contributed by atoms with Crippen molar-refractivity contribution in [2.45, 2.75) is 76.8 Å². The number of carbonyl (C=O) groups is 1. The minimum Gasteiger partial charge on any atom is -0.340 e. The van der Waals surface area contributed by atoms with Gasteiger partial charge in [-0.05, 0) is 69.1 Å². The molecule has 1 saturated heterocycles. The third-order valence-electron chi connectivity index (χ3n) is 7.89. The summed E-state index contributed by atoms with van der Waals surface area (Å²) < 4.78 is 0. The van der Waals surface area contributed by atoms with Crippen LogP contribution in [0.25, 0.3) is 0 Å². The van der Waals surface area contributed by atoms with Crippen LogP contribution in [0, 0.1) is 23.7 Å².